The van der Waals surface area contributed by atoms with Crippen LogP contribution in [0.4, 0.5) is 0 Å². The highest BCUT2D eigenvalue weighted by molar-refractivity contribution is 7.09. The lowest BCUT2D eigenvalue weighted by molar-refractivity contribution is 0.644. The van der Waals surface area contributed by atoms with E-state index < -0.39 is 0 Å². The fourth-order valence-corrected chi connectivity index (χ4v) is 2.93. The molecule has 0 saturated heterocycles. The predicted molar refractivity (Wildman–Crippen MR) is 83.5 cm³/mol. The molecule has 102 valence electrons. The second-order valence-corrected chi connectivity index (χ2v) is 5.89. The van der Waals surface area contributed by atoms with Gasteiger partial charge in [-0.25, -0.2) is 4.98 Å². The second-order valence-electron chi connectivity index (χ2n) is 4.95. The fraction of sp³-hybridized carbons (Fsp3) is 0.438. The molecule has 0 aliphatic rings. The lowest BCUT2D eigenvalue weighted by Gasteiger charge is -2.04. The van der Waals surface area contributed by atoms with E-state index in [0.717, 1.165) is 30.0 Å². The minimum Gasteiger partial charge on any atom is -0.327 e. The molecular formula is C16H22N2S. The van der Waals surface area contributed by atoms with E-state index in [2.05, 4.69) is 48.5 Å². The number of nitrogens with two attached hydrogens (primary N) is 1. The predicted octanol–water partition coefficient (Wildman–Crippen LogP) is 4.04. The van der Waals surface area contributed by atoms with Crippen LogP contribution in [0.15, 0.2) is 29.6 Å². The van der Waals surface area contributed by atoms with Crippen LogP contribution in [0.3, 0.4) is 0 Å². The normalized spacial score (nSPS) is 12.6. The molecule has 3 heteroatoms. The summed E-state index contributed by atoms with van der Waals surface area (Å²) in [5, 5.41) is 3.27. The zero-order valence-electron chi connectivity index (χ0n) is 11.7. The first-order valence-corrected chi connectivity index (χ1v) is 7.90. The van der Waals surface area contributed by atoms with E-state index in [1.807, 2.05) is 0 Å². The van der Waals surface area contributed by atoms with Crippen LogP contribution in [0.5, 0.6) is 0 Å². The van der Waals surface area contributed by atoms with Gasteiger partial charge >= 0.3 is 0 Å². The molecule has 1 atom stereocenters. The first kappa shape index (κ1) is 14.2. The van der Waals surface area contributed by atoms with Crippen molar-refractivity contribution in [1.29, 1.82) is 0 Å². The SMILES string of the molecule is CCCc1ccc(-c2csc(CC(N)CC)n2)cc1. The second kappa shape index (κ2) is 6.83. The van der Waals surface area contributed by atoms with Crippen LogP contribution in [-0.2, 0) is 12.8 Å². The van der Waals surface area contributed by atoms with E-state index in [1.54, 1.807) is 11.3 Å². The summed E-state index contributed by atoms with van der Waals surface area (Å²) in [7, 11) is 0. The Labute approximate surface area is 119 Å². The third-order valence-electron chi connectivity index (χ3n) is 3.30. The van der Waals surface area contributed by atoms with Crippen LogP contribution in [0.2, 0.25) is 0 Å². The molecule has 2 aromatic rings. The number of rotatable bonds is 6. The van der Waals surface area contributed by atoms with Crippen molar-refractivity contribution >= 4 is 11.3 Å². The van der Waals surface area contributed by atoms with E-state index in [4.69, 9.17) is 5.73 Å². The van der Waals surface area contributed by atoms with Crippen LogP contribution in [-0.4, -0.2) is 11.0 Å². The van der Waals surface area contributed by atoms with Crippen molar-refractivity contribution in [2.75, 3.05) is 0 Å². The Bertz CT molecular complexity index is 502. The average Bonchev–Trinajstić information content (AvgIpc) is 2.88. The summed E-state index contributed by atoms with van der Waals surface area (Å²) in [5.41, 5.74) is 9.65. The van der Waals surface area contributed by atoms with Gasteiger partial charge < -0.3 is 5.73 Å². The molecule has 0 aliphatic carbocycles. The largest absolute Gasteiger partial charge is 0.327 e. The first-order chi connectivity index (χ1) is 9.22. The minimum atomic E-state index is 0.228. The van der Waals surface area contributed by atoms with Gasteiger partial charge in [-0.05, 0) is 18.4 Å². The summed E-state index contributed by atoms with van der Waals surface area (Å²) in [5.74, 6) is 0. The van der Waals surface area contributed by atoms with Gasteiger partial charge in [0.25, 0.3) is 0 Å². The molecular weight excluding hydrogens is 252 g/mol. The molecule has 0 aliphatic heterocycles. The lowest BCUT2D eigenvalue weighted by Crippen LogP contribution is -2.21. The van der Waals surface area contributed by atoms with Crippen LogP contribution in [0.1, 0.15) is 37.3 Å². The molecule has 0 spiro atoms. The topological polar surface area (TPSA) is 38.9 Å². The quantitative estimate of drug-likeness (QED) is 0.863. The molecule has 1 heterocycles. The number of hydrogen-bond acceptors (Lipinski definition) is 3. The summed E-state index contributed by atoms with van der Waals surface area (Å²) < 4.78 is 0. The van der Waals surface area contributed by atoms with Gasteiger partial charge in [0, 0.05) is 23.4 Å². The highest BCUT2D eigenvalue weighted by Crippen LogP contribution is 2.23. The molecule has 0 saturated carbocycles. The van der Waals surface area contributed by atoms with Gasteiger partial charge in [0.05, 0.1) is 10.7 Å². The van der Waals surface area contributed by atoms with Crippen molar-refractivity contribution in [3.8, 4) is 11.3 Å². The van der Waals surface area contributed by atoms with E-state index in [9.17, 15) is 0 Å². The highest BCUT2D eigenvalue weighted by Gasteiger charge is 2.07. The van der Waals surface area contributed by atoms with Gasteiger partial charge in [-0.2, -0.15) is 0 Å². The Morgan fingerprint density at radius 2 is 1.95 bits per heavy atom. The van der Waals surface area contributed by atoms with Gasteiger partial charge in [-0.3, -0.25) is 0 Å². The van der Waals surface area contributed by atoms with Gasteiger partial charge in [-0.1, -0.05) is 44.5 Å². The third kappa shape index (κ3) is 3.88. The zero-order chi connectivity index (χ0) is 13.7. The van der Waals surface area contributed by atoms with Crippen LogP contribution < -0.4 is 5.73 Å². The maximum Gasteiger partial charge on any atom is 0.0948 e. The lowest BCUT2D eigenvalue weighted by atomic mass is 10.1. The monoisotopic (exact) mass is 274 g/mol. The molecule has 0 bridgehead atoms. The number of thiazole rings is 1. The van der Waals surface area contributed by atoms with Gasteiger partial charge in [0.2, 0.25) is 0 Å². The Morgan fingerprint density at radius 1 is 1.21 bits per heavy atom. The molecule has 0 fully saturated rings. The minimum absolute atomic E-state index is 0.228. The highest BCUT2D eigenvalue weighted by atomic mass is 32.1. The Hall–Kier alpha value is -1.19. The standard InChI is InChI=1S/C16H22N2S/c1-3-5-12-6-8-13(9-7-12)15-11-19-16(18-15)10-14(17)4-2/h6-9,11,14H,3-5,10,17H2,1-2H3. The van der Waals surface area contributed by atoms with Crippen molar-refractivity contribution in [2.45, 2.75) is 45.6 Å². The molecule has 0 amide bonds. The Balaban J connectivity index is 2.09. The molecule has 0 radical (unpaired) electrons. The Kier molecular flexibility index (Phi) is 5.11. The fourth-order valence-electron chi connectivity index (χ4n) is 2.04. The maximum absolute atomic E-state index is 5.97. The third-order valence-corrected chi connectivity index (χ3v) is 4.17. The van der Waals surface area contributed by atoms with Crippen molar-refractivity contribution in [1.82, 2.24) is 4.98 Å². The number of aryl methyl sites for hydroxylation is 1. The summed E-state index contributed by atoms with van der Waals surface area (Å²) >= 11 is 1.71. The number of aromatic nitrogens is 1. The summed E-state index contributed by atoms with van der Waals surface area (Å²) in [6, 6.07) is 8.98. The molecule has 19 heavy (non-hydrogen) atoms. The van der Waals surface area contributed by atoms with Crippen molar-refractivity contribution in [2.24, 2.45) is 5.73 Å². The molecule has 1 unspecified atom stereocenters. The maximum atomic E-state index is 5.97. The zero-order valence-corrected chi connectivity index (χ0v) is 12.5. The summed E-state index contributed by atoms with van der Waals surface area (Å²) in [6.07, 6.45) is 4.22. The van der Waals surface area contributed by atoms with Gasteiger partial charge in [-0.15, -0.1) is 11.3 Å². The number of hydrogen-bond donors (Lipinski definition) is 1. The van der Waals surface area contributed by atoms with Crippen LogP contribution in [0.25, 0.3) is 11.3 Å². The van der Waals surface area contributed by atoms with E-state index >= 15 is 0 Å². The summed E-state index contributed by atoms with van der Waals surface area (Å²) in [4.78, 5) is 4.68. The molecule has 2 nitrogen and oxygen atoms in total. The number of benzene rings is 1. The van der Waals surface area contributed by atoms with Gasteiger partial charge in [0.15, 0.2) is 0 Å². The smallest absolute Gasteiger partial charge is 0.0948 e. The average molecular weight is 274 g/mol. The van der Waals surface area contributed by atoms with Crippen molar-refractivity contribution in [3.05, 3.63) is 40.2 Å². The van der Waals surface area contributed by atoms with Crippen molar-refractivity contribution in [3.63, 3.8) is 0 Å². The molecule has 2 N–H and O–H groups in total. The van der Waals surface area contributed by atoms with E-state index in [1.165, 1.54) is 17.5 Å². The van der Waals surface area contributed by atoms with Crippen molar-refractivity contribution < 1.29 is 0 Å². The van der Waals surface area contributed by atoms with Gasteiger partial charge in [0.1, 0.15) is 0 Å². The molecule has 2 rings (SSSR count). The van der Waals surface area contributed by atoms with E-state index in [-0.39, 0.29) is 6.04 Å². The van der Waals surface area contributed by atoms with E-state index in [0.29, 0.717) is 0 Å². The summed E-state index contributed by atoms with van der Waals surface area (Å²) in [6.45, 7) is 4.32. The number of nitrogens with zero attached hydrogens (tertiary/aromatic N) is 1. The van der Waals surface area contributed by atoms with Crippen LogP contribution >= 0.6 is 11.3 Å². The van der Waals surface area contributed by atoms with Crippen LogP contribution in [0, 0.1) is 0 Å². The Morgan fingerprint density at radius 3 is 2.58 bits per heavy atom. The molecule has 1 aromatic carbocycles. The molecule has 1 aromatic heterocycles. The first-order valence-electron chi connectivity index (χ1n) is 7.02.